The summed E-state index contributed by atoms with van der Waals surface area (Å²) in [6, 6.07) is 5.62. The number of amides is 1. The van der Waals surface area contributed by atoms with E-state index in [1.54, 1.807) is 12.0 Å². The third kappa shape index (κ3) is 2.20. The number of ether oxygens (including phenoxy) is 1. The summed E-state index contributed by atoms with van der Waals surface area (Å²) in [5.41, 5.74) is 1.60. The molecule has 0 unspecified atom stereocenters. The molecule has 0 atom stereocenters. The minimum atomic E-state index is 0.0540. The second-order valence-electron chi connectivity index (χ2n) is 3.59. The third-order valence-electron chi connectivity index (χ3n) is 2.52. The van der Waals surface area contributed by atoms with Crippen LogP contribution in [0.2, 0.25) is 0 Å². The van der Waals surface area contributed by atoms with E-state index in [0.29, 0.717) is 25.4 Å². The zero-order chi connectivity index (χ0) is 11.5. The first-order valence-electron chi connectivity index (χ1n) is 5.04. The summed E-state index contributed by atoms with van der Waals surface area (Å²) in [7, 11) is 1.63. The number of carbonyl (C=O) groups is 1. The lowest BCUT2D eigenvalue weighted by Crippen LogP contribution is -2.41. The Hall–Kier alpha value is -1.07. The van der Waals surface area contributed by atoms with E-state index in [0.717, 1.165) is 10.2 Å². The normalized spacial score (nSPS) is 14.6. The molecule has 0 saturated heterocycles. The molecule has 0 spiro atoms. The summed E-state index contributed by atoms with van der Waals surface area (Å²) in [5.74, 6) is 0.0540. The number of fused-ring (bicyclic) bond motifs is 1. The maximum absolute atomic E-state index is 12.0. The van der Waals surface area contributed by atoms with Crippen molar-refractivity contribution in [3.63, 3.8) is 0 Å². The Morgan fingerprint density at radius 3 is 3.12 bits per heavy atom. The minimum Gasteiger partial charge on any atom is -0.383 e. The monoisotopic (exact) mass is 284 g/mol. The van der Waals surface area contributed by atoms with Crippen LogP contribution in [0, 0.1) is 0 Å². The average molecular weight is 285 g/mol. The van der Waals surface area contributed by atoms with Crippen molar-refractivity contribution in [2.75, 3.05) is 32.2 Å². The molecule has 1 aliphatic heterocycles. The van der Waals surface area contributed by atoms with Gasteiger partial charge < -0.3 is 15.0 Å². The van der Waals surface area contributed by atoms with Gasteiger partial charge in [-0.25, -0.2) is 0 Å². The maximum Gasteiger partial charge on any atom is 0.257 e. The van der Waals surface area contributed by atoms with Crippen molar-refractivity contribution < 1.29 is 9.53 Å². The van der Waals surface area contributed by atoms with Gasteiger partial charge in [-0.2, -0.15) is 0 Å². The van der Waals surface area contributed by atoms with Gasteiger partial charge in [0.25, 0.3) is 5.91 Å². The van der Waals surface area contributed by atoms with E-state index in [1.807, 2.05) is 18.2 Å². The van der Waals surface area contributed by atoms with Crippen molar-refractivity contribution in [1.29, 1.82) is 0 Å². The van der Waals surface area contributed by atoms with Crippen molar-refractivity contribution in [3.05, 3.63) is 28.2 Å². The van der Waals surface area contributed by atoms with Crippen LogP contribution >= 0.6 is 15.9 Å². The number of carbonyl (C=O) groups excluding carboxylic acids is 1. The first-order valence-corrected chi connectivity index (χ1v) is 5.83. The van der Waals surface area contributed by atoms with Gasteiger partial charge in [0.05, 0.1) is 18.8 Å². The highest BCUT2D eigenvalue weighted by Gasteiger charge is 2.23. The predicted molar refractivity (Wildman–Crippen MR) is 65.5 cm³/mol. The summed E-state index contributed by atoms with van der Waals surface area (Å²) >= 11 is 3.38. The number of benzene rings is 1. The van der Waals surface area contributed by atoms with Gasteiger partial charge in [-0.15, -0.1) is 0 Å². The van der Waals surface area contributed by atoms with E-state index in [2.05, 4.69) is 21.2 Å². The van der Waals surface area contributed by atoms with Crippen LogP contribution in [0.15, 0.2) is 22.7 Å². The van der Waals surface area contributed by atoms with Gasteiger partial charge >= 0.3 is 0 Å². The van der Waals surface area contributed by atoms with Crippen LogP contribution in [0.3, 0.4) is 0 Å². The van der Waals surface area contributed by atoms with Crippen LogP contribution in [-0.2, 0) is 4.74 Å². The molecule has 0 aliphatic carbocycles. The molecule has 0 radical (unpaired) electrons. The SMILES string of the molecule is COCCN1CNc2cc(Br)ccc2C1=O. The van der Waals surface area contributed by atoms with Gasteiger partial charge in [0.15, 0.2) is 0 Å². The van der Waals surface area contributed by atoms with Crippen molar-refractivity contribution >= 4 is 27.5 Å². The molecule has 1 heterocycles. The highest BCUT2D eigenvalue weighted by Crippen LogP contribution is 2.25. The first kappa shape index (κ1) is 11.4. The fourth-order valence-electron chi connectivity index (χ4n) is 1.65. The van der Waals surface area contributed by atoms with Gasteiger partial charge in [0.1, 0.15) is 0 Å². The second-order valence-corrected chi connectivity index (χ2v) is 4.50. The second kappa shape index (κ2) is 4.84. The largest absolute Gasteiger partial charge is 0.383 e. The molecule has 1 amide bonds. The summed E-state index contributed by atoms with van der Waals surface area (Å²) < 4.78 is 5.94. The van der Waals surface area contributed by atoms with Crippen LogP contribution in [0.1, 0.15) is 10.4 Å². The molecule has 0 fully saturated rings. The van der Waals surface area contributed by atoms with Crippen molar-refractivity contribution in [1.82, 2.24) is 4.90 Å². The van der Waals surface area contributed by atoms with Gasteiger partial charge in [-0.1, -0.05) is 15.9 Å². The van der Waals surface area contributed by atoms with E-state index in [4.69, 9.17) is 4.74 Å². The van der Waals surface area contributed by atoms with Crippen LogP contribution in [0.25, 0.3) is 0 Å². The Bertz CT molecular complexity index is 409. The lowest BCUT2D eigenvalue weighted by Gasteiger charge is -2.29. The van der Waals surface area contributed by atoms with Crippen LogP contribution in [-0.4, -0.2) is 37.7 Å². The number of nitrogens with one attached hydrogen (secondary N) is 1. The molecule has 5 heteroatoms. The minimum absolute atomic E-state index is 0.0540. The number of methoxy groups -OCH3 is 1. The van der Waals surface area contributed by atoms with Gasteiger partial charge in [0, 0.05) is 23.8 Å². The molecule has 0 bridgehead atoms. The summed E-state index contributed by atoms with van der Waals surface area (Å²) in [4.78, 5) is 13.8. The topological polar surface area (TPSA) is 41.6 Å². The molecule has 0 aromatic heterocycles. The van der Waals surface area contributed by atoms with E-state index in [9.17, 15) is 4.79 Å². The number of anilines is 1. The molecule has 0 saturated carbocycles. The van der Waals surface area contributed by atoms with Gasteiger partial charge in [0.2, 0.25) is 0 Å². The van der Waals surface area contributed by atoms with Crippen LogP contribution in [0.5, 0.6) is 0 Å². The molecule has 1 aromatic carbocycles. The molecule has 4 nitrogen and oxygen atoms in total. The molecular formula is C11H13BrN2O2. The van der Waals surface area contributed by atoms with Crippen LogP contribution < -0.4 is 5.32 Å². The Balaban J connectivity index is 2.19. The molecule has 1 N–H and O–H groups in total. The smallest absolute Gasteiger partial charge is 0.257 e. The molecule has 2 rings (SSSR count). The summed E-state index contributed by atoms with van der Waals surface area (Å²) in [6.45, 7) is 1.70. The van der Waals surface area contributed by atoms with E-state index < -0.39 is 0 Å². The maximum atomic E-state index is 12.0. The number of hydrogen-bond acceptors (Lipinski definition) is 3. The lowest BCUT2D eigenvalue weighted by molar-refractivity contribution is 0.0700. The average Bonchev–Trinajstić information content (AvgIpc) is 2.28. The molecule has 16 heavy (non-hydrogen) atoms. The molecule has 1 aliphatic rings. The fraction of sp³-hybridized carbons (Fsp3) is 0.364. The van der Waals surface area contributed by atoms with Gasteiger partial charge in [-0.05, 0) is 18.2 Å². The molecule has 1 aromatic rings. The predicted octanol–water partition coefficient (Wildman–Crippen LogP) is 1.92. The quantitative estimate of drug-likeness (QED) is 0.922. The highest BCUT2D eigenvalue weighted by atomic mass is 79.9. The third-order valence-corrected chi connectivity index (χ3v) is 3.02. The van der Waals surface area contributed by atoms with Crippen molar-refractivity contribution in [2.45, 2.75) is 0 Å². The zero-order valence-corrected chi connectivity index (χ0v) is 10.6. The zero-order valence-electron chi connectivity index (χ0n) is 9.00. The number of halogens is 1. The standard InChI is InChI=1S/C11H13BrN2O2/c1-16-5-4-14-7-13-10-6-8(12)2-3-9(10)11(14)15/h2-3,6,13H,4-5,7H2,1H3. The Morgan fingerprint density at radius 2 is 2.38 bits per heavy atom. The number of hydrogen-bond donors (Lipinski definition) is 1. The van der Waals surface area contributed by atoms with Crippen LogP contribution in [0.4, 0.5) is 5.69 Å². The van der Waals surface area contributed by atoms with Crippen molar-refractivity contribution in [3.8, 4) is 0 Å². The number of nitrogens with zero attached hydrogens (tertiary/aromatic N) is 1. The Kier molecular flexibility index (Phi) is 3.46. The summed E-state index contributed by atoms with van der Waals surface area (Å²) in [5, 5.41) is 3.21. The van der Waals surface area contributed by atoms with E-state index in [-0.39, 0.29) is 5.91 Å². The first-order chi connectivity index (χ1) is 7.72. The summed E-state index contributed by atoms with van der Waals surface area (Å²) in [6.07, 6.45) is 0. The highest BCUT2D eigenvalue weighted by molar-refractivity contribution is 9.10. The lowest BCUT2D eigenvalue weighted by atomic mass is 10.1. The molecular weight excluding hydrogens is 272 g/mol. The van der Waals surface area contributed by atoms with Crippen molar-refractivity contribution in [2.24, 2.45) is 0 Å². The van der Waals surface area contributed by atoms with Gasteiger partial charge in [-0.3, -0.25) is 4.79 Å². The number of rotatable bonds is 3. The molecule has 86 valence electrons. The van der Waals surface area contributed by atoms with E-state index in [1.165, 1.54) is 0 Å². The fourth-order valence-corrected chi connectivity index (χ4v) is 2.02. The Morgan fingerprint density at radius 1 is 1.56 bits per heavy atom. The van der Waals surface area contributed by atoms with E-state index >= 15 is 0 Å². The Labute approximate surface area is 103 Å².